The van der Waals surface area contributed by atoms with Crippen molar-refractivity contribution in [2.75, 3.05) is 11.9 Å². The highest BCUT2D eigenvalue weighted by molar-refractivity contribution is 5.47. The van der Waals surface area contributed by atoms with Crippen molar-refractivity contribution in [2.45, 2.75) is 26.3 Å². The maximum absolute atomic E-state index is 8.60. The molecular formula is C12H16N2. The second kappa shape index (κ2) is 4.66. The SMILES string of the molecule is Cc1ccc(N(C)C(C)CC#N)cc1. The van der Waals surface area contributed by atoms with Crippen LogP contribution in [0.5, 0.6) is 0 Å². The van der Waals surface area contributed by atoms with Crippen LogP contribution in [-0.4, -0.2) is 13.1 Å². The van der Waals surface area contributed by atoms with Crippen LogP contribution in [-0.2, 0) is 0 Å². The number of rotatable bonds is 3. The minimum absolute atomic E-state index is 0.266. The van der Waals surface area contributed by atoms with Gasteiger partial charge in [-0.3, -0.25) is 0 Å². The molecule has 0 saturated carbocycles. The Morgan fingerprint density at radius 3 is 2.43 bits per heavy atom. The molecule has 0 radical (unpaired) electrons. The van der Waals surface area contributed by atoms with Gasteiger partial charge in [0.1, 0.15) is 0 Å². The lowest BCUT2D eigenvalue weighted by atomic mass is 10.1. The number of anilines is 1. The highest BCUT2D eigenvalue weighted by Crippen LogP contribution is 2.16. The smallest absolute Gasteiger partial charge is 0.0643 e. The molecule has 1 unspecified atom stereocenters. The highest BCUT2D eigenvalue weighted by atomic mass is 15.1. The molecule has 0 heterocycles. The summed E-state index contributed by atoms with van der Waals surface area (Å²) in [6.45, 7) is 4.13. The van der Waals surface area contributed by atoms with Crippen LogP contribution < -0.4 is 4.90 Å². The van der Waals surface area contributed by atoms with Gasteiger partial charge in [0.05, 0.1) is 12.5 Å². The summed E-state index contributed by atoms with van der Waals surface area (Å²) in [5.41, 5.74) is 2.42. The van der Waals surface area contributed by atoms with Crippen molar-refractivity contribution in [3.05, 3.63) is 29.8 Å². The van der Waals surface area contributed by atoms with Crippen LogP contribution in [0.2, 0.25) is 0 Å². The fourth-order valence-corrected chi connectivity index (χ4v) is 1.30. The molecule has 0 aliphatic carbocycles. The van der Waals surface area contributed by atoms with Crippen molar-refractivity contribution in [3.8, 4) is 6.07 Å². The van der Waals surface area contributed by atoms with Crippen LogP contribution in [0.1, 0.15) is 18.9 Å². The van der Waals surface area contributed by atoms with Gasteiger partial charge in [-0.2, -0.15) is 5.26 Å². The normalized spacial score (nSPS) is 11.9. The summed E-state index contributed by atoms with van der Waals surface area (Å²) >= 11 is 0. The van der Waals surface area contributed by atoms with Crippen LogP contribution in [0.25, 0.3) is 0 Å². The average Bonchev–Trinajstić information content (AvgIpc) is 2.18. The number of nitriles is 1. The van der Waals surface area contributed by atoms with Gasteiger partial charge in [0.15, 0.2) is 0 Å². The van der Waals surface area contributed by atoms with Crippen molar-refractivity contribution in [1.82, 2.24) is 0 Å². The van der Waals surface area contributed by atoms with Crippen LogP contribution in [0.4, 0.5) is 5.69 Å². The lowest BCUT2D eigenvalue weighted by molar-refractivity contribution is 0.702. The molecule has 1 aromatic rings. The fraction of sp³-hybridized carbons (Fsp3) is 0.417. The monoisotopic (exact) mass is 188 g/mol. The molecule has 0 spiro atoms. The first-order valence-corrected chi connectivity index (χ1v) is 4.81. The number of hydrogen-bond donors (Lipinski definition) is 0. The van der Waals surface area contributed by atoms with E-state index in [1.165, 1.54) is 11.3 Å². The van der Waals surface area contributed by atoms with Gasteiger partial charge < -0.3 is 4.90 Å². The van der Waals surface area contributed by atoms with Gasteiger partial charge in [-0.1, -0.05) is 17.7 Å². The van der Waals surface area contributed by atoms with Gasteiger partial charge in [-0.05, 0) is 26.0 Å². The van der Waals surface area contributed by atoms with E-state index >= 15 is 0 Å². The van der Waals surface area contributed by atoms with Gasteiger partial charge in [-0.25, -0.2) is 0 Å². The first-order valence-electron chi connectivity index (χ1n) is 4.81. The third-order valence-corrected chi connectivity index (χ3v) is 2.49. The standard InChI is InChI=1S/C12H16N2/c1-10-4-6-12(7-5-10)14(3)11(2)8-9-13/h4-7,11H,8H2,1-3H3. The van der Waals surface area contributed by atoms with Crippen LogP contribution >= 0.6 is 0 Å². The Hall–Kier alpha value is -1.49. The largest absolute Gasteiger partial charge is 0.371 e. The van der Waals surface area contributed by atoms with Crippen LogP contribution in [0.3, 0.4) is 0 Å². The van der Waals surface area contributed by atoms with Gasteiger partial charge in [0.2, 0.25) is 0 Å². The van der Waals surface area contributed by atoms with E-state index in [1.54, 1.807) is 0 Å². The van der Waals surface area contributed by atoms with Crippen LogP contribution in [0, 0.1) is 18.3 Å². The van der Waals surface area contributed by atoms with E-state index in [9.17, 15) is 0 Å². The predicted molar refractivity (Wildman–Crippen MR) is 59.3 cm³/mol. The maximum Gasteiger partial charge on any atom is 0.0643 e. The number of hydrogen-bond acceptors (Lipinski definition) is 2. The number of aryl methyl sites for hydroxylation is 1. The second-order valence-corrected chi connectivity index (χ2v) is 3.66. The second-order valence-electron chi connectivity index (χ2n) is 3.66. The zero-order valence-corrected chi connectivity index (χ0v) is 8.99. The molecule has 0 aromatic heterocycles. The summed E-state index contributed by atoms with van der Waals surface area (Å²) in [4.78, 5) is 2.13. The Kier molecular flexibility index (Phi) is 3.53. The van der Waals surface area contributed by atoms with Crippen molar-refractivity contribution < 1.29 is 0 Å². The van der Waals surface area contributed by atoms with E-state index in [0.29, 0.717) is 6.42 Å². The average molecular weight is 188 g/mol. The number of benzene rings is 1. The Labute approximate surface area is 85.8 Å². The summed E-state index contributed by atoms with van der Waals surface area (Å²) in [7, 11) is 2.02. The van der Waals surface area contributed by atoms with Gasteiger partial charge in [0.25, 0.3) is 0 Å². The molecule has 0 aliphatic rings. The van der Waals surface area contributed by atoms with E-state index in [4.69, 9.17) is 5.26 Å². The lowest BCUT2D eigenvalue weighted by Gasteiger charge is -2.25. The Morgan fingerprint density at radius 1 is 1.36 bits per heavy atom. The van der Waals surface area contributed by atoms with Gasteiger partial charge >= 0.3 is 0 Å². The molecule has 0 bridgehead atoms. The molecule has 2 nitrogen and oxygen atoms in total. The van der Waals surface area contributed by atoms with E-state index < -0.39 is 0 Å². The molecule has 1 atom stereocenters. The quantitative estimate of drug-likeness (QED) is 0.729. The van der Waals surface area contributed by atoms with E-state index in [2.05, 4.69) is 49.1 Å². The molecule has 74 valence electrons. The Bertz CT molecular complexity index is 321. The molecule has 1 rings (SSSR count). The molecule has 0 fully saturated rings. The molecular weight excluding hydrogens is 172 g/mol. The van der Waals surface area contributed by atoms with E-state index in [0.717, 1.165) is 0 Å². The Balaban J connectivity index is 2.74. The Morgan fingerprint density at radius 2 is 1.93 bits per heavy atom. The summed E-state index contributed by atoms with van der Waals surface area (Å²) in [5.74, 6) is 0. The third kappa shape index (κ3) is 2.50. The lowest BCUT2D eigenvalue weighted by Crippen LogP contribution is -2.28. The summed E-state index contributed by atoms with van der Waals surface area (Å²) in [5, 5.41) is 8.60. The molecule has 0 N–H and O–H groups in total. The van der Waals surface area contributed by atoms with Crippen LogP contribution in [0.15, 0.2) is 24.3 Å². The molecule has 14 heavy (non-hydrogen) atoms. The van der Waals surface area contributed by atoms with Gasteiger partial charge in [0, 0.05) is 18.8 Å². The number of nitrogens with zero attached hydrogens (tertiary/aromatic N) is 2. The van der Waals surface area contributed by atoms with Crippen molar-refractivity contribution in [3.63, 3.8) is 0 Å². The zero-order chi connectivity index (χ0) is 10.6. The van der Waals surface area contributed by atoms with Crippen molar-refractivity contribution >= 4 is 5.69 Å². The molecule has 2 heteroatoms. The van der Waals surface area contributed by atoms with E-state index in [-0.39, 0.29) is 6.04 Å². The minimum atomic E-state index is 0.266. The maximum atomic E-state index is 8.60. The topological polar surface area (TPSA) is 27.0 Å². The molecule has 0 saturated heterocycles. The molecule has 0 aliphatic heterocycles. The predicted octanol–water partition coefficient (Wildman–Crippen LogP) is 2.73. The highest BCUT2D eigenvalue weighted by Gasteiger charge is 2.08. The minimum Gasteiger partial charge on any atom is -0.371 e. The summed E-state index contributed by atoms with van der Waals surface area (Å²) < 4.78 is 0. The molecule has 1 aromatic carbocycles. The fourth-order valence-electron chi connectivity index (χ4n) is 1.30. The first kappa shape index (κ1) is 10.6. The zero-order valence-electron chi connectivity index (χ0n) is 8.99. The first-order chi connectivity index (χ1) is 6.65. The summed E-state index contributed by atoms with van der Waals surface area (Å²) in [6.07, 6.45) is 0.560. The van der Waals surface area contributed by atoms with Crippen molar-refractivity contribution in [1.29, 1.82) is 5.26 Å². The van der Waals surface area contributed by atoms with Gasteiger partial charge in [-0.15, -0.1) is 0 Å². The van der Waals surface area contributed by atoms with Crippen molar-refractivity contribution in [2.24, 2.45) is 0 Å². The third-order valence-electron chi connectivity index (χ3n) is 2.49. The summed E-state index contributed by atoms with van der Waals surface area (Å²) in [6, 6.07) is 10.8. The van der Waals surface area contributed by atoms with E-state index in [1.807, 2.05) is 7.05 Å². The molecule has 0 amide bonds.